The first-order chi connectivity index (χ1) is 8.65. The zero-order valence-electron chi connectivity index (χ0n) is 9.66. The van der Waals surface area contributed by atoms with Crippen molar-refractivity contribution in [2.45, 2.75) is 19.3 Å². The average molecular weight is 283 g/mol. The smallest absolute Gasteiger partial charge is 0.137 e. The van der Waals surface area contributed by atoms with Gasteiger partial charge in [0.05, 0.1) is 6.26 Å². The van der Waals surface area contributed by atoms with Gasteiger partial charge < -0.3 is 4.42 Å². The maximum Gasteiger partial charge on any atom is 0.137 e. The van der Waals surface area contributed by atoms with Gasteiger partial charge in [0.1, 0.15) is 11.5 Å². The molecule has 18 heavy (non-hydrogen) atoms. The van der Waals surface area contributed by atoms with Gasteiger partial charge in [-0.15, -0.1) is 0 Å². The molecule has 0 amide bonds. The van der Waals surface area contributed by atoms with Crippen LogP contribution in [0.2, 0.25) is 10.0 Å². The number of carbonyl (C=O) groups excluding carboxylic acids is 1. The van der Waals surface area contributed by atoms with E-state index in [4.69, 9.17) is 27.6 Å². The molecule has 0 radical (unpaired) electrons. The molecule has 0 spiro atoms. The number of benzene rings is 1. The number of furan rings is 1. The molecule has 2 nitrogen and oxygen atoms in total. The highest BCUT2D eigenvalue weighted by Gasteiger charge is 2.09. The summed E-state index contributed by atoms with van der Waals surface area (Å²) in [6.07, 6.45) is 2.97. The minimum Gasteiger partial charge on any atom is -0.469 e. The lowest BCUT2D eigenvalue weighted by Crippen LogP contribution is -2.04. The number of hydrogen-bond donors (Lipinski definition) is 0. The Balaban J connectivity index is 1.92. The molecule has 0 aliphatic heterocycles. The molecule has 0 aliphatic rings. The molecule has 0 atom stereocenters. The lowest BCUT2D eigenvalue weighted by atomic mass is 10.1. The molecule has 0 bridgehead atoms. The van der Waals surface area contributed by atoms with Gasteiger partial charge in [0.15, 0.2) is 0 Å². The molecule has 0 aliphatic carbocycles. The average Bonchev–Trinajstić information content (AvgIpc) is 2.84. The van der Waals surface area contributed by atoms with Crippen LogP contribution in [-0.2, 0) is 17.6 Å². The summed E-state index contributed by atoms with van der Waals surface area (Å²) in [4.78, 5) is 11.8. The quantitative estimate of drug-likeness (QED) is 0.817. The number of ketones is 1. The van der Waals surface area contributed by atoms with Gasteiger partial charge in [-0.05, 0) is 35.9 Å². The first-order valence-corrected chi connectivity index (χ1v) is 6.39. The van der Waals surface area contributed by atoms with E-state index in [2.05, 4.69) is 0 Å². The Morgan fingerprint density at radius 3 is 2.78 bits per heavy atom. The van der Waals surface area contributed by atoms with Crippen molar-refractivity contribution in [1.82, 2.24) is 0 Å². The number of aryl methyl sites for hydroxylation is 1. The maximum atomic E-state index is 11.8. The van der Waals surface area contributed by atoms with Gasteiger partial charge in [-0.25, -0.2) is 0 Å². The second-order valence-corrected chi connectivity index (χ2v) is 4.87. The predicted molar refractivity (Wildman–Crippen MR) is 72.2 cm³/mol. The van der Waals surface area contributed by atoms with Crippen LogP contribution < -0.4 is 0 Å². The Morgan fingerprint density at radius 1 is 1.22 bits per heavy atom. The van der Waals surface area contributed by atoms with Crippen molar-refractivity contribution in [2.75, 3.05) is 0 Å². The zero-order chi connectivity index (χ0) is 13.0. The summed E-state index contributed by atoms with van der Waals surface area (Å²) in [6.45, 7) is 0. The van der Waals surface area contributed by atoms with Gasteiger partial charge in [-0.3, -0.25) is 4.79 Å². The summed E-state index contributed by atoms with van der Waals surface area (Å²) < 4.78 is 5.18. The minimum absolute atomic E-state index is 0.121. The van der Waals surface area contributed by atoms with Crippen LogP contribution in [0.3, 0.4) is 0 Å². The van der Waals surface area contributed by atoms with Crippen molar-refractivity contribution in [2.24, 2.45) is 0 Å². The Kier molecular flexibility index (Phi) is 4.45. The fraction of sp³-hybridized carbons (Fsp3) is 0.214. The van der Waals surface area contributed by atoms with E-state index in [0.717, 1.165) is 11.3 Å². The minimum atomic E-state index is 0.121. The molecular weight excluding hydrogens is 271 g/mol. The number of hydrogen-bond acceptors (Lipinski definition) is 2. The number of rotatable bonds is 5. The van der Waals surface area contributed by atoms with E-state index in [1.165, 1.54) is 0 Å². The summed E-state index contributed by atoms with van der Waals surface area (Å²) in [5.74, 6) is 0.941. The third-order valence-electron chi connectivity index (χ3n) is 2.63. The predicted octanol–water partition coefficient (Wildman–Crippen LogP) is 4.33. The van der Waals surface area contributed by atoms with Crippen LogP contribution in [0, 0.1) is 0 Å². The number of Topliss-reactive ketones (excluding diaryl/α,β-unsaturated/α-hetero) is 1. The largest absolute Gasteiger partial charge is 0.469 e. The molecule has 0 N–H and O–H groups in total. The lowest BCUT2D eigenvalue weighted by molar-refractivity contribution is -0.118. The van der Waals surface area contributed by atoms with Gasteiger partial charge in [0.25, 0.3) is 0 Å². The maximum absolute atomic E-state index is 11.8. The van der Waals surface area contributed by atoms with Gasteiger partial charge in [0, 0.05) is 29.3 Å². The highest BCUT2D eigenvalue weighted by Crippen LogP contribution is 2.21. The topological polar surface area (TPSA) is 30.2 Å². The Hall–Kier alpha value is -1.25. The van der Waals surface area contributed by atoms with E-state index in [-0.39, 0.29) is 5.78 Å². The highest BCUT2D eigenvalue weighted by molar-refractivity contribution is 6.33. The summed E-state index contributed by atoms with van der Waals surface area (Å²) in [5.41, 5.74) is 0.772. The van der Waals surface area contributed by atoms with E-state index in [9.17, 15) is 4.79 Å². The first kappa shape index (κ1) is 13.2. The van der Waals surface area contributed by atoms with Crippen molar-refractivity contribution in [3.63, 3.8) is 0 Å². The van der Waals surface area contributed by atoms with Crippen LogP contribution in [0.5, 0.6) is 0 Å². The normalized spacial score (nSPS) is 10.6. The van der Waals surface area contributed by atoms with Crippen LogP contribution in [0.25, 0.3) is 0 Å². The summed E-state index contributed by atoms with van der Waals surface area (Å²) >= 11 is 11.9. The van der Waals surface area contributed by atoms with E-state index < -0.39 is 0 Å². The van der Waals surface area contributed by atoms with Crippen molar-refractivity contribution >= 4 is 29.0 Å². The molecule has 94 valence electrons. The summed E-state index contributed by atoms with van der Waals surface area (Å²) in [7, 11) is 0. The van der Waals surface area contributed by atoms with Gasteiger partial charge in [-0.1, -0.05) is 23.2 Å². The molecule has 2 rings (SSSR count). The SMILES string of the molecule is O=C(CCc1ccco1)Cc1cc(Cl)ccc1Cl. The molecular formula is C14H12Cl2O2. The van der Waals surface area contributed by atoms with Crippen LogP contribution in [-0.4, -0.2) is 5.78 Å². The number of carbonyl (C=O) groups is 1. The van der Waals surface area contributed by atoms with Crippen LogP contribution in [0.4, 0.5) is 0 Å². The molecule has 0 unspecified atom stereocenters. The molecule has 2 aromatic rings. The second-order valence-electron chi connectivity index (χ2n) is 4.03. The van der Waals surface area contributed by atoms with Crippen LogP contribution in [0.1, 0.15) is 17.7 Å². The summed E-state index contributed by atoms with van der Waals surface area (Å²) in [5, 5.41) is 1.17. The Morgan fingerprint density at radius 2 is 2.06 bits per heavy atom. The van der Waals surface area contributed by atoms with Crippen LogP contribution in [0.15, 0.2) is 41.0 Å². The van der Waals surface area contributed by atoms with Gasteiger partial charge in [-0.2, -0.15) is 0 Å². The molecule has 0 fully saturated rings. The Labute approximate surface area is 116 Å². The monoisotopic (exact) mass is 282 g/mol. The van der Waals surface area contributed by atoms with E-state index in [1.807, 2.05) is 12.1 Å². The molecule has 0 saturated carbocycles. The third kappa shape index (κ3) is 3.62. The molecule has 1 aromatic heterocycles. The van der Waals surface area contributed by atoms with Gasteiger partial charge >= 0.3 is 0 Å². The van der Waals surface area contributed by atoms with E-state index >= 15 is 0 Å². The molecule has 1 aromatic carbocycles. The van der Waals surface area contributed by atoms with E-state index in [1.54, 1.807) is 24.5 Å². The standard InChI is InChI=1S/C14H12Cl2O2/c15-11-3-6-14(16)10(8-11)9-12(17)4-5-13-2-1-7-18-13/h1-3,6-8H,4-5,9H2. The lowest BCUT2D eigenvalue weighted by Gasteiger charge is -2.04. The van der Waals surface area contributed by atoms with Crippen molar-refractivity contribution in [3.05, 3.63) is 58.0 Å². The molecule has 4 heteroatoms. The van der Waals surface area contributed by atoms with Crippen molar-refractivity contribution < 1.29 is 9.21 Å². The second kappa shape index (κ2) is 6.07. The fourth-order valence-corrected chi connectivity index (χ4v) is 2.08. The van der Waals surface area contributed by atoms with Crippen LogP contribution >= 0.6 is 23.2 Å². The van der Waals surface area contributed by atoms with Gasteiger partial charge in [0.2, 0.25) is 0 Å². The van der Waals surface area contributed by atoms with Crippen molar-refractivity contribution in [1.29, 1.82) is 0 Å². The van der Waals surface area contributed by atoms with E-state index in [0.29, 0.717) is 29.3 Å². The first-order valence-electron chi connectivity index (χ1n) is 5.63. The highest BCUT2D eigenvalue weighted by atomic mass is 35.5. The zero-order valence-corrected chi connectivity index (χ0v) is 11.2. The Bertz CT molecular complexity index is 533. The number of halogens is 2. The van der Waals surface area contributed by atoms with Crippen molar-refractivity contribution in [3.8, 4) is 0 Å². The summed E-state index contributed by atoms with van der Waals surface area (Å²) in [6, 6.07) is 8.82. The fourth-order valence-electron chi connectivity index (χ4n) is 1.70. The molecule has 0 saturated heterocycles. The third-order valence-corrected chi connectivity index (χ3v) is 3.23. The molecule has 1 heterocycles.